The van der Waals surface area contributed by atoms with E-state index in [1.54, 1.807) is 0 Å². The third kappa shape index (κ3) is 5.25. The molecule has 1 N–H and O–H groups in total. The summed E-state index contributed by atoms with van der Waals surface area (Å²) in [6, 6.07) is 9.36. The zero-order chi connectivity index (χ0) is 21.7. The number of morpholine rings is 1. The number of nitro benzene ring substituents is 1. The van der Waals surface area contributed by atoms with E-state index < -0.39 is 27.5 Å². The molecule has 0 spiro atoms. The van der Waals surface area contributed by atoms with Crippen molar-refractivity contribution < 1.29 is 27.6 Å². The van der Waals surface area contributed by atoms with Gasteiger partial charge in [-0.2, -0.15) is 4.31 Å². The minimum atomic E-state index is -3.62. The average Bonchev–Trinajstić information content (AvgIpc) is 2.74. The van der Waals surface area contributed by atoms with Crippen molar-refractivity contribution in [2.75, 3.05) is 38.2 Å². The fraction of sp³-hybridized carbons (Fsp3) is 0.278. The molecule has 2 aromatic rings. The first-order chi connectivity index (χ1) is 14.3. The van der Waals surface area contributed by atoms with E-state index in [0.29, 0.717) is 26.3 Å². The number of ether oxygens (including phenoxy) is 2. The summed E-state index contributed by atoms with van der Waals surface area (Å²) in [7, 11) is -3.62. The minimum absolute atomic E-state index is 0.0893. The molecule has 12 heteroatoms. The molecule has 1 fully saturated rings. The van der Waals surface area contributed by atoms with Gasteiger partial charge in [0.2, 0.25) is 10.0 Å². The van der Waals surface area contributed by atoms with Gasteiger partial charge in [0.1, 0.15) is 5.75 Å². The van der Waals surface area contributed by atoms with Crippen LogP contribution < -0.4 is 10.1 Å². The average molecular weight is 456 g/mol. The number of benzene rings is 2. The number of sulfonamides is 1. The highest BCUT2D eigenvalue weighted by molar-refractivity contribution is 7.89. The van der Waals surface area contributed by atoms with Crippen molar-refractivity contribution in [3.8, 4) is 5.75 Å². The fourth-order valence-electron chi connectivity index (χ4n) is 2.70. The molecule has 0 aromatic heterocycles. The van der Waals surface area contributed by atoms with Gasteiger partial charge in [-0.25, -0.2) is 8.42 Å². The summed E-state index contributed by atoms with van der Waals surface area (Å²) in [6.45, 7) is 0.894. The zero-order valence-corrected chi connectivity index (χ0v) is 17.2. The van der Waals surface area contributed by atoms with Gasteiger partial charge < -0.3 is 14.8 Å². The van der Waals surface area contributed by atoms with Crippen LogP contribution in [0.15, 0.2) is 47.4 Å². The summed E-state index contributed by atoms with van der Waals surface area (Å²) in [5.41, 5.74) is -0.126. The van der Waals surface area contributed by atoms with E-state index in [9.17, 15) is 23.3 Å². The molecule has 0 unspecified atom stereocenters. The molecule has 160 valence electrons. The molecule has 10 nitrogen and oxygen atoms in total. The highest BCUT2D eigenvalue weighted by atomic mass is 35.5. The molecule has 0 saturated carbocycles. The molecule has 1 amide bonds. The number of nitrogens with one attached hydrogen (secondary N) is 1. The lowest BCUT2D eigenvalue weighted by Gasteiger charge is -2.26. The van der Waals surface area contributed by atoms with Gasteiger partial charge >= 0.3 is 0 Å². The first kappa shape index (κ1) is 22.0. The number of non-ortho nitro benzene ring substituents is 1. The number of anilines is 1. The van der Waals surface area contributed by atoms with Crippen molar-refractivity contribution >= 4 is 38.9 Å². The van der Waals surface area contributed by atoms with Crippen molar-refractivity contribution in [3.63, 3.8) is 0 Å². The lowest BCUT2D eigenvalue weighted by Crippen LogP contribution is -2.40. The van der Waals surface area contributed by atoms with Crippen LogP contribution in [-0.2, 0) is 19.6 Å². The van der Waals surface area contributed by atoms with Gasteiger partial charge in [0.05, 0.1) is 33.7 Å². The number of halogens is 1. The second-order valence-corrected chi connectivity index (χ2v) is 8.59. The predicted molar refractivity (Wildman–Crippen MR) is 108 cm³/mol. The predicted octanol–water partition coefficient (Wildman–Crippen LogP) is 2.29. The van der Waals surface area contributed by atoms with E-state index in [1.165, 1.54) is 40.7 Å². The lowest BCUT2D eigenvalue weighted by atomic mass is 10.3. The van der Waals surface area contributed by atoms with Crippen LogP contribution in [0.2, 0.25) is 5.02 Å². The molecule has 30 heavy (non-hydrogen) atoms. The third-order valence-corrected chi connectivity index (χ3v) is 6.48. The second-order valence-electron chi connectivity index (χ2n) is 6.25. The minimum Gasteiger partial charge on any atom is -0.484 e. The van der Waals surface area contributed by atoms with Crippen molar-refractivity contribution in [1.82, 2.24) is 4.31 Å². The Hall–Kier alpha value is -2.73. The van der Waals surface area contributed by atoms with E-state index in [2.05, 4.69) is 5.32 Å². The molecule has 0 radical (unpaired) electrons. The van der Waals surface area contributed by atoms with Crippen LogP contribution in [-0.4, -0.2) is 56.5 Å². The number of amides is 1. The van der Waals surface area contributed by atoms with Gasteiger partial charge in [0, 0.05) is 25.2 Å². The maximum absolute atomic E-state index is 12.6. The van der Waals surface area contributed by atoms with Crippen LogP contribution in [0.1, 0.15) is 0 Å². The Morgan fingerprint density at radius 3 is 2.50 bits per heavy atom. The number of carbonyl (C=O) groups is 1. The summed E-state index contributed by atoms with van der Waals surface area (Å²) < 4.78 is 37.0. The smallest absolute Gasteiger partial charge is 0.271 e. The summed E-state index contributed by atoms with van der Waals surface area (Å²) in [6.07, 6.45) is 0. The Bertz CT molecular complexity index is 1040. The molecule has 2 aromatic carbocycles. The van der Waals surface area contributed by atoms with Crippen molar-refractivity contribution in [3.05, 3.63) is 57.6 Å². The van der Waals surface area contributed by atoms with Crippen molar-refractivity contribution in [2.45, 2.75) is 4.90 Å². The highest BCUT2D eigenvalue weighted by Crippen LogP contribution is 2.26. The monoisotopic (exact) mass is 455 g/mol. The number of rotatable bonds is 7. The van der Waals surface area contributed by atoms with Gasteiger partial charge in [-0.15, -0.1) is 0 Å². The van der Waals surface area contributed by atoms with Crippen LogP contribution in [0.4, 0.5) is 11.4 Å². The summed E-state index contributed by atoms with van der Waals surface area (Å²) in [4.78, 5) is 22.4. The van der Waals surface area contributed by atoms with Crippen LogP contribution in [0, 0.1) is 10.1 Å². The Morgan fingerprint density at radius 2 is 1.87 bits per heavy atom. The number of nitrogens with zero attached hydrogens (tertiary/aromatic N) is 2. The number of carbonyl (C=O) groups excluding carboxylic acids is 1. The maximum Gasteiger partial charge on any atom is 0.271 e. The maximum atomic E-state index is 12.6. The van der Waals surface area contributed by atoms with Gasteiger partial charge in [-0.1, -0.05) is 11.6 Å². The number of hydrogen-bond acceptors (Lipinski definition) is 7. The molecule has 1 saturated heterocycles. The quantitative estimate of drug-likeness (QED) is 0.501. The van der Waals surface area contributed by atoms with Crippen molar-refractivity contribution in [1.29, 1.82) is 0 Å². The third-order valence-electron chi connectivity index (χ3n) is 4.24. The summed E-state index contributed by atoms with van der Waals surface area (Å²) in [5, 5.41) is 13.4. The lowest BCUT2D eigenvalue weighted by molar-refractivity contribution is -0.384. The number of nitro groups is 1. The van der Waals surface area contributed by atoms with Crippen molar-refractivity contribution in [2.24, 2.45) is 0 Å². The van der Waals surface area contributed by atoms with Crippen LogP contribution in [0.25, 0.3) is 0 Å². The molecule has 0 aliphatic carbocycles. The van der Waals surface area contributed by atoms with Gasteiger partial charge in [-0.3, -0.25) is 14.9 Å². The van der Waals surface area contributed by atoms with Gasteiger partial charge in [0.25, 0.3) is 11.6 Å². The summed E-state index contributed by atoms with van der Waals surface area (Å²) >= 11 is 5.94. The Labute approximate surface area is 177 Å². The molecule has 0 bridgehead atoms. The van der Waals surface area contributed by atoms with E-state index in [0.717, 1.165) is 6.07 Å². The van der Waals surface area contributed by atoms with Crippen LogP contribution in [0.5, 0.6) is 5.75 Å². The van der Waals surface area contributed by atoms with Gasteiger partial charge in [-0.05, 0) is 30.3 Å². The Morgan fingerprint density at radius 1 is 1.20 bits per heavy atom. The highest BCUT2D eigenvalue weighted by Gasteiger charge is 2.26. The van der Waals surface area contributed by atoms with Crippen LogP contribution in [0.3, 0.4) is 0 Å². The Kier molecular flexibility index (Phi) is 6.87. The van der Waals surface area contributed by atoms with E-state index in [1.807, 2.05) is 0 Å². The van der Waals surface area contributed by atoms with E-state index >= 15 is 0 Å². The van der Waals surface area contributed by atoms with E-state index in [4.69, 9.17) is 21.1 Å². The first-order valence-corrected chi connectivity index (χ1v) is 10.6. The van der Waals surface area contributed by atoms with E-state index in [-0.39, 0.29) is 27.0 Å². The molecular formula is C18H18ClN3O7S. The summed E-state index contributed by atoms with van der Waals surface area (Å²) in [5.74, 6) is -0.293. The molecule has 1 aliphatic heterocycles. The molecule has 3 rings (SSSR count). The Balaban J connectivity index is 1.59. The standard InChI is InChI=1S/C18H18ClN3O7S/c19-16-6-1-13(22(24)25)11-17(16)20-18(23)12-29-14-2-4-15(5-3-14)30(26,27)21-7-9-28-10-8-21/h1-6,11H,7-10,12H2,(H,20,23). The number of hydrogen-bond donors (Lipinski definition) is 1. The zero-order valence-electron chi connectivity index (χ0n) is 15.6. The largest absolute Gasteiger partial charge is 0.484 e. The molecule has 1 heterocycles. The first-order valence-electron chi connectivity index (χ1n) is 8.82. The van der Waals surface area contributed by atoms with Crippen LogP contribution >= 0.6 is 11.6 Å². The molecule has 0 atom stereocenters. The molecular weight excluding hydrogens is 438 g/mol. The fourth-order valence-corrected chi connectivity index (χ4v) is 4.27. The molecule has 1 aliphatic rings. The van der Waals surface area contributed by atoms with Gasteiger partial charge in [0.15, 0.2) is 6.61 Å². The topological polar surface area (TPSA) is 128 Å². The normalized spacial score (nSPS) is 14.8. The second kappa shape index (κ2) is 9.39. The SMILES string of the molecule is O=C(COc1ccc(S(=O)(=O)N2CCOCC2)cc1)Nc1cc([N+](=O)[O-])ccc1Cl.